The van der Waals surface area contributed by atoms with Crippen LogP contribution in [-0.2, 0) is 22.4 Å². The van der Waals surface area contributed by atoms with E-state index in [-0.39, 0.29) is 5.97 Å². The molecule has 0 saturated carbocycles. The van der Waals surface area contributed by atoms with E-state index in [4.69, 9.17) is 14.5 Å². The lowest BCUT2D eigenvalue weighted by molar-refractivity contribution is -0.142. The number of nitrogens with zero attached hydrogens (tertiary/aromatic N) is 4. The largest absolute Gasteiger partial charge is 0.476 e. The number of benzene rings is 1. The molecule has 5 heterocycles. The van der Waals surface area contributed by atoms with Gasteiger partial charge in [0.15, 0.2) is 0 Å². The van der Waals surface area contributed by atoms with Crippen LogP contribution in [0, 0.1) is 0 Å². The molecule has 9 heteroatoms. The highest BCUT2D eigenvalue weighted by atomic mass is 16.5. The molecule has 43 heavy (non-hydrogen) atoms. The maximum atomic E-state index is 13.2. The first-order valence-corrected chi connectivity index (χ1v) is 15.5. The average molecular weight is 581 g/mol. The van der Waals surface area contributed by atoms with Crippen LogP contribution in [0.3, 0.4) is 0 Å². The molecule has 2 aromatic heterocycles. The smallest absolute Gasteiger partial charge is 0.333 e. The molecular weight excluding hydrogens is 540 g/mol. The normalized spacial score (nSPS) is 20.8. The van der Waals surface area contributed by atoms with Gasteiger partial charge in [0.2, 0.25) is 5.88 Å². The van der Waals surface area contributed by atoms with Crippen molar-refractivity contribution in [3.05, 3.63) is 94.6 Å². The van der Waals surface area contributed by atoms with Gasteiger partial charge in [0.05, 0.1) is 11.6 Å². The summed E-state index contributed by atoms with van der Waals surface area (Å²) in [5, 5.41) is 8.91. The molecule has 1 atom stereocenters. The van der Waals surface area contributed by atoms with Gasteiger partial charge in [0.25, 0.3) is 0 Å². The predicted octanol–water partition coefficient (Wildman–Crippen LogP) is 3.51. The number of unbranched alkanes of at least 4 members (excludes halogenated alkanes) is 1. The Morgan fingerprint density at radius 2 is 1.91 bits per heavy atom. The summed E-state index contributed by atoms with van der Waals surface area (Å²) in [6, 6.07) is 17.7. The number of hydrogen-bond donors (Lipinski definition) is 2. The molecule has 0 amide bonds. The number of allylic oxidation sites excluding steroid dienone is 1. The molecule has 1 saturated heterocycles. The molecule has 0 unspecified atom stereocenters. The Balaban J connectivity index is 1.09. The number of para-hydroxylation sites is 1. The van der Waals surface area contributed by atoms with E-state index in [2.05, 4.69) is 43.7 Å². The van der Waals surface area contributed by atoms with Gasteiger partial charge in [-0.25, -0.2) is 14.8 Å². The highest BCUT2D eigenvalue weighted by Crippen LogP contribution is 2.21. The number of esters is 1. The Bertz CT molecular complexity index is 1560. The van der Waals surface area contributed by atoms with Gasteiger partial charge in [-0.3, -0.25) is 9.89 Å². The summed E-state index contributed by atoms with van der Waals surface area (Å²) in [5.41, 5.74) is 3.51. The molecule has 0 aliphatic carbocycles. The second-order valence-corrected chi connectivity index (χ2v) is 11.3. The number of carbonyl (C=O) groups excluding carboxylic acids is 1. The van der Waals surface area contributed by atoms with Gasteiger partial charge in [-0.1, -0.05) is 30.3 Å². The van der Waals surface area contributed by atoms with Crippen LogP contribution in [0.4, 0.5) is 5.82 Å². The number of ether oxygens (including phenoxy) is 2. The van der Waals surface area contributed by atoms with E-state index >= 15 is 0 Å². The standard InChI is InChI=1S/C34H40N6O3/c41-34-31(39-30-16-15-27(43-34)24-37-29-11-2-1-10-28(29)30)17-21-40(22-23-42-32-12-3-5-18-35-32)20-6-4-9-26-14-13-25-8-7-19-36-33(25)38-26/h1-3,5,10-14,18,24,31,39H,4,6-9,15-17,19-23H2,(H,36,38)/b27-24-,30-28+,37-29-/t31-/m0/s1. The number of hydrogen-bond acceptors (Lipinski definition) is 9. The van der Waals surface area contributed by atoms with Crippen LogP contribution >= 0.6 is 0 Å². The number of anilines is 1. The maximum absolute atomic E-state index is 13.2. The molecule has 0 radical (unpaired) electrons. The predicted molar refractivity (Wildman–Crippen MR) is 166 cm³/mol. The molecule has 0 spiro atoms. The second kappa shape index (κ2) is 14.3. The highest BCUT2D eigenvalue weighted by molar-refractivity contribution is 5.78. The monoisotopic (exact) mass is 580 g/mol. The van der Waals surface area contributed by atoms with Gasteiger partial charge in [0.1, 0.15) is 24.2 Å². The van der Waals surface area contributed by atoms with E-state index in [1.807, 2.05) is 36.4 Å². The van der Waals surface area contributed by atoms with Crippen molar-refractivity contribution in [2.75, 3.05) is 38.1 Å². The fraction of sp³-hybridized carbons (Fsp3) is 0.412. The van der Waals surface area contributed by atoms with Crippen molar-refractivity contribution in [1.29, 1.82) is 0 Å². The molecule has 2 N–H and O–H groups in total. The second-order valence-electron chi connectivity index (χ2n) is 11.3. The number of fused-ring (bicyclic) bond motifs is 5. The Morgan fingerprint density at radius 1 is 0.977 bits per heavy atom. The van der Waals surface area contributed by atoms with Crippen LogP contribution in [-0.4, -0.2) is 59.7 Å². The zero-order valence-electron chi connectivity index (χ0n) is 24.6. The molecule has 3 aromatic rings. The lowest BCUT2D eigenvalue weighted by Gasteiger charge is -2.28. The molecule has 1 aromatic carbocycles. The molecule has 9 nitrogen and oxygen atoms in total. The number of aryl methyl sites for hydroxylation is 2. The van der Waals surface area contributed by atoms with Gasteiger partial charge in [-0.2, -0.15) is 0 Å². The van der Waals surface area contributed by atoms with Crippen molar-refractivity contribution >= 4 is 17.5 Å². The van der Waals surface area contributed by atoms with E-state index in [0.29, 0.717) is 31.1 Å². The minimum Gasteiger partial charge on any atom is -0.476 e. The van der Waals surface area contributed by atoms with E-state index in [0.717, 1.165) is 86.1 Å². The first-order valence-electron chi connectivity index (χ1n) is 15.5. The van der Waals surface area contributed by atoms with Crippen molar-refractivity contribution in [2.45, 2.75) is 57.4 Å². The zero-order chi connectivity index (χ0) is 29.3. The summed E-state index contributed by atoms with van der Waals surface area (Å²) in [7, 11) is 0. The van der Waals surface area contributed by atoms with Gasteiger partial charge < -0.3 is 20.1 Å². The minimum absolute atomic E-state index is 0.255. The van der Waals surface area contributed by atoms with E-state index in [9.17, 15) is 4.79 Å². The van der Waals surface area contributed by atoms with Crippen molar-refractivity contribution in [3.63, 3.8) is 0 Å². The van der Waals surface area contributed by atoms with Crippen molar-refractivity contribution in [3.8, 4) is 5.88 Å². The first kappa shape index (κ1) is 28.9. The topological polar surface area (TPSA) is 101 Å². The molecule has 3 aliphatic heterocycles. The molecule has 1 fully saturated rings. The van der Waals surface area contributed by atoms with Gasteiger partial charge in [0, 0.05) is 54.9 Å². The number of carbonyl (C=O) groups is 1. The quantitative estimate of drug-likeness (QED) is 0.248. The number of pyridine rings is 2. The number of nitrogens with one attached hydrogen (secondary N) is 2. The molecule has 6 rings (SSSR count). The molecule has 224 valence electrons. The Labute approximate surface area is 252 Å². The van der Waals surface area contributed by atoms with Crippen LogP contribution in [0.5, 0.6) is 5.88 Å². The highest BCUT2D eigenvalue weighted by Gasteiger charge is 2.26. The van der Waals surface area contributed by atoms with E-state index < -0.39 is 6.04 Å². The molecular formula is C34H40N6O3. The fourth-order valence-electron chi connectivity index (χ4n) is 5.83. The number of aromatic nitrogens is 2. The van der Waals surface area contributed by atoms with Gasteiger partial charge in [-0.05, 0) is 75.3 Å². The third-order valence-corrected chi connectivity index (χ3v) is 8.20. The van der Waals surface area contributed by atoms with Crippen molar-refractivity contribution in [1.82, 2.24) is 20.2 Å². The van der Waals surface area contributed by atoms with E-state index in [1.54, 1.807) is 12.4 Å². The zero-order valence-corrected chi connectivity index (χ0v) is 24.6. The van der Waals surface area contributed by atoms with Gasteiger partial charge >= 0.3 is 5.97 Å². The summed E-state index contributed by atoms with van der Waals surface area (Å²) in [6.07, 6.45) is 10.8. The van der Waals surface area contributed by atoms with Gasteiger partial charge in [-0.15, -0.1) is 0 Å². The van der Waals surface area contributed by atoms with E-state index in [1.165, 1.54) is 12.0 Å². The summed E-state index contributed by atoms with van der Waals surface area (Å²) >= 11 is 0. The lowest BCUT2D eigenvalue weighted by Crippen LogP contribution is -2.45. The minimum atomic E-state index is -0.448. The SMILES string of the molecule is O=C1O\C2=C/N=c3/cccc/c3=C(/CC2)N[C@H]1CCN(CCCCc1ccc2c(n1)NCCC2)CCOc1ccccn1. The average Bonchev–Trinajstić information content (AvgIpc) is 3.03. The van der Waals surface area contributed by atoms with Crippen LogP contribution in [0.1, 0.15) is 49.8 Å². The van der Waals surface area contributed by atoms with Crippen molar-refractivity contribution < 1.29 is 14.3 Å². The Kier molecular flexibility index (Phi) is 9.59. The summed E-state index contributed by atoms with van der Waals surface area (Å²) in [5.74, 6) is 2.04. The Morgan fingerprint density at radius 3 is 2.84 bits per heavy atom. The van der Waals surface area contributed by atoms with Crippen LogP contribution in [0.25, 0.3) is 5.70 Å². The maximum Gasteiger partial charge on any atom is 0.333 e. The third-order valence-electron chi connectivity index (χ3n) is 8.20. The molecule has 3 aliphatic rings. The fourth-order valence-corrected chi connectivity index (χ4v) is 5.83. The Hall–Kier alpha value is -4.24. The third kappa shape index (κ3) is 7.78. The van der Waals surface area contributed by atoms with Crippen LogP contribution in [0.15, 0.2) is 77.7 Å². The lowest BCUT2D eigenvalue weighted by atomic mass is 10.1. The van der Waals surface area contributed by atoms with Crippen molar-refractivity contribution in [2.24, 2.45) is 4.99 Å². The summed E-state index contributed by atoms with van der Waals surface area (Å²) < 4.78 is 11.7. The molecule has 2 bridgehead atoms. The van der Waals surface area contributed by atoms with Crippen LogP contribution < -0.4 is 25.9 Å². The first-order chi connectivity index (χ1) is 21.2. The summed E-state index contributed by atoms with van der Waals surface area (Å²) in [4.78, 5) is 29.3. The van der Waals surface area contributed by atoms with Crippen LogP contribution in [0.2, 0.25) is 0 Å². The number of rotatable bonds is 12. The summed E-state index contributed by atoms with van der Waals surface area (Å²) in [6.45, 7) is 3.90.